The smallest absolute Gasteiger partial charge is 0.0538 e. The number of H-pyrrole nitrogens is 1. The molecule has 0 spiro atoms. The van der Waals surface area contributed by atoms with Gasteiger partial charge in [0.15, 0.2) is 0 Å². The number of hydrogen-bond acceptors (Lipinski definition) is 0. The molecule has 2 aliphatic carbocycles. The summed E-state index contributed by atoms with van der Waals surface area (Å²) in [5.74, 6) is 0.761. The third kappa shape index (κ3) is 2.79. The molecule has 1 N–H and O–H groups in total. The van der Waals surface area contributed by atoms with Gasteiger partial charge >= 0.3 is 0 Å². The van der Waals surface area contributed by atoms with Crippen LogP contribution in [0.3, 0.4) is 0 Å². The van der Waals surface area contributed by atoms with Gasteiger partial charge in [-0.2, -0.15) is 0 Å². The molecule has 2 nitrogen and oxygen atoms in total. The summed E-state index contributed by atoms with van der Waals surface area (Å²) in [7, 11) is 0. The number of rotatable bonds is 2. The molecule has 2 aromatic heterocycles. The topological polar surface area (TPSA) is 20.7 Å². The van der Waals surface area contributed by atoms with Gasteiger partial charge < -0.3 is 9.55 Å². The van der Waals surface area contributed by atoms with Gasteiger partial charge in [-0.05, 0) is 65.2 Å². The Kier molecular flexibility index (Phi) is 4.09. The van der Waals surface area contributed by atoms with Gasteiger partial charge in [-0.1, -0.05) is 78.9 Å². The van der Waals surface area contributed by atoms with Crippen LogP contribution in [0.4, 0.5) is 0 Å². The van der Waals surface area contributed by atoms with Crippen molar-refractivity contribution in [1.29, 1.82) is 0 Å². The van der Waals surface area contributed by atoms with Crippen molar-refractivity contribution in [2.24, 2.45) is 5.92 Å². The minimum atomic E-state index is 0.355. The SMILES string of the molecule is C1=CC2C=Cc3c(c4cc(-c5ccc6[nH]c7ccccc7c6c5)ccc4n3-c3ccccc3)C2C=C1. The van der Waals surface area contributed by atoms with E-state index in [-0.39, 0.29) is 0 Å². The fourth-order valence-corrected chi connectivity index (χ4v) is 6.21. The first-order valence-electron chi connectivity index (χ1n) is 12.6. The lowest BCUT2D eigenvalue weighted by molar-refractivity contribution is 0.693. The highest BCUT2D eigenvalue weighted by molar-refractivity contribution is 6.08. The molecule has 2 atom stereocenters. The number of nitrogens with one attached hydrogen (secondary N) is 1. The van der Waals surface area contributed by atoms with E-state index in [4.69, 9.17) is 0 Å². The van der Waals surface area contributed by atoms with Crippen molar-refractivity contribution in [1.82, 2.24) is 9.55 Å². The van der Waals surface area contributed by atoms with Crippen LogP contribution in [0, 0.1) is 5.92 Å². The number of aromatic amines is 1. The Labute approximate surface area is 209 Å². The Morgan fingerprint density at radius 2 is 1.36 bits per heavy atom. The molecule has 6 aromatic rings. The Morgan fingerprint density at radius 1 is 0.611 bits per heavy atom. The van der Waals surface area contributed by atoms with Gasteiger partial charge in [-0.15, -0.1) is 0 Å². The lowest BCUT2D eigenvalue weighted by Crippen LogP contribution is -2.13. The maximum Gasteiger partial charge on any atom is 0.0538 e. The third-order valence-electron chi connectivity index (χ3n) is 7.89. The van der Waals surface area contributed by atoms with Gasteiger partial charge in [0.25, 0.3) is 0 Å². The van der Waals surface area contributed by atoms with Gasteiger partial charge in [0.2, 0.25) is 0 Å². The van der Waals surface area contributed by atoms with Crippen LogP contribution in [0.1, 0.15) is 17.2 Å². The van der Waals surface area contributed by atoms with Gasteiger partial charge in [0.1, 0.15) is 0 Å². The van der Waals surface area contributed by atoms with E-state index in [0.717, 1.165) is 0 Å². The molecule has 2 unspecified atom stereocenters. The van der Waals surface area contributed by atoms with Crippen molar-refractivity contribution in [3.05, 3.63) is 133 Å². The normalized spacial score (nSPS) is 18.2. The van der Waals surface area contributed by atoms with Crippen molar-refractivity contribution < 1.29 is 0 Å². The van der Waals surface area contributed by atoms with E-state index in [9.17, 15) is 0 Å². The average molecular weight is 461 g/mol. The van der Waals surface area contributed by atoms with Crippen molar-refractivity contribution in [2.45, 2.75) is 5.92 Å². The second-order valence-corrected chi connectivity index (χ2v) is 9.86. The molecule has 0 radical (unpaired) electrons. The Hall–Kier alpha value is -4.56. The number of benzene rings is 4. The highest BCUT2D eigenvalue weighted by Gasteiger charge is 2.30. The van der Waals surface area contributed by atoms with Crippen molar-refractivity contribution in [3.63, 3.8) is 0 Å². The summed E-state index contributed by atoms with van der Waals surface area (Å²) < 4.78 is 2.43. The molecular weight excluding hydrogens is 436 g/mol. The van der Waals surface area contributed by atoms with E-state index in [1.807, 2.05) is 0 Å². The van der Waals surface area contributed by atoms with Gasteiger partial charge in [-0.25, -0.2) is 0 Å². The number of para-hydroxylation sites is 2. The summed E-state index contributed by atoms with van der Waals surface area (Å²) in [5, 5.41) is 3.88. The quantitative estimate of drug-likeness (QED) is 0.267. The molecule has 4 aromatic carbocycles. The first kappa shape index (κ1) is 19.7. The number of fused-ring (bicyclic) bond motifs is 8. The summed E-state index contributed by atoms with van der Waals surface area (Å²) >= 11 is 0. The van der Waals surface area contributed by atoms with Crippen molar-refractivity contribution >= 4 is 38.8 Å². The fourth-order valence-electron chi connectivity index (χ4n) is 6.21. The molecule has 170 valence electrons. The predicted octanol–water partition coefficient (Wildman–Crippen LogP) is 8.78. The number of allylic oxidation sites excluding steroid dienone is 5. The zero-order valence-electron chi connectivity index (χ0n) is 19.7. The van der Waals surface area contributed by atoms with Crippen LogP contribution in [-0.4, -0.2) is 9.55 Å². The second-order valence-electron chi connectivity index (χ2n) is 9.86. The monoisotopic (exact) mass is 460 g/mol. The molecule has 0 fully saturated rings. The van der Waals surface area contributed by atoms with Crippen LogP contribution >= 0.6 is 0 Å². The van der Waals surface area contributed by atoms with E-state index in [0.29, 0.717) is 11.8 Å². The van der Waals surface area contributed by atoms with Crippen molar-refractivity contribution in [2.75, 3.05) is 0 Å². The van der Waals surface area contributed by atoms with Crippen LogP contribution in [-0.2, 0) is 0 Å². The number of hydrogen-bond donors (Lipinski definition) is 1. The summed E-state index contributed by atoms with van der Waals surface area (Å²) in [5.41, 5.74) is 10.1. The van der Waals surface area contributed by atoms with Crippen LogP contribution in [0.25, 0.3) is 55.6 Å². The Balaban J connectivity index is 1.38. The van der Waals surface area contributed by atoms with E-state index in [2.05, 4.69) is 137 Å². The average Bonchev–Trinajstić information content (AvgIpc) is 3.48. The maximum absolute atomic E-state index is 3.55. The standard InChI is InChI=1S/C34H24N2/c1-2-9-25(10-3-1)36-32-18-16-24(21-29(32)34-26-11-5-4-8-22(26)15-19-33(34)36)23-14-17-31-28(20-23)27-12-6-7-13-30(27)35-31/h1-22,26,35H. The van der Waals surface area contributed by atoms with E-state index in [1.54, 1.807) is 0 Å². The van der Waals surface area contributed by atoms with Gasteiger partial charge in [-0.3, -0.25) is 0 Å². The van der Waals surface area contributed by atoms with Gasteiger partial charge in [0, 0.05) is 44.7 Å². The molecule has 36 heavy (non-hydrogen) atoms. The minimum absolute atomic E-state index is 0.355. The molecular formula is C34H24N2. The lowest BCUT2D eigenvalue weighted by Gasteiger charge is -2.26. The molecule has 8 rings (SSSR count). The zero-order valence-corrected chi connectivity index (χ0v) is 19.7. The zero-order chi connectivity index (χ0) is 23.6. The summed E-state index contributed by atoms with van der Waals surface area (Å²) in [6.45, 7) is 0. The molecule has 2 aliphatic rings. The van der Waals surface area contributed by atoms with Crippen LogP contribution in [0.5, 0.6) is 0 Å². The fraction of sp³-hybridized carbons (Fsp3) is 0.0588. The van der Waals surface area contributed by atoms with E-state index in [1.165, 1.54) is 60.8 Å². The highest BCUT2D eigenvalue weighted by Crippen LogP contribution is 2.45. The first-order valence-corrected chi connectivity index (χ1v) is 12.6. The molecule has 0 saturated heterocycles. The lowest BCUT2D eigenvalue weighted by atomic mass is 9.78. The molecule has 0 saturated carbocycles. The van der Waals surface area contributed by atoms with E-state index >= 15 is 0 Å². The molecule has 0 aliphatic heterocycles. The third-order valence-corrected chi connectivity index (χ3v) is 7.89. The molecule has 0 bridgehead atoms. The number of nitrogens with zero attached hydrogens (tertiary/aromatic N) is 1. The largest absolute Gasteiger partial charge is 0.355 e. The molecule has 2 heterocycles. The Morgan fingerprint density at radius 3 is 2.28 bits per heavy atom. The van der Waals surface area contributed by atoms with E-state index < -0.39 is 0 Å². The maximum atomic E-state index is 3.55. The summed E-state index contributed by atoms with van der Waals surface area (Å²) in [4.78, 5) is 3.55. The van der Waals surface area contributed by atoms with Crippen LogP contribution in [0.2, 0.25) is 0 Å². The van der Waals surface area contributed by atoms with Crippen molar-refractivity contribution in [3.8, 4) is 16.8 Å². The summed E-state index contributed by atoms with van der Waals surface area (Å²) in [6, 6.07) is 33.1. The minimum Gasteiger partial charge on any atom is -0.355 e. The summed E-state index contributed by atoms with van der Waals surface area (Å²) in [6.07, 6.45) is 13.7. The van der Waals surface area contributed by atoms with Crippen LogP contribution < -0.4 is 0 Å². The molecule has 2 heteroatoms. The first-order chi connectivity index (χ1) is 17.8. The number of aromatic nitrogens is 2. The highest BCUT2D eigenvalue weighted by atomic mass is 15.0. The molecule has 0 amide bonds. The predicted molar refractivity (Wildman–Crippen MR) is 152 cm³/mol. The van der Waals surface area contributed by atoms with Gasteiger partial charge in [0.05, 0.1) is 11.2 Å². The second kappa shape index (κ2) is 7.47. The van der Waals surface area contributed by atoms with Crippen LogP contribution in [0.15, 0.2) is 121 Å². The Bertz CT molecular complexity index is 1890.